The van der Waals surface area contributed by atoms with Crippen LogP contribution in [0.2, 0.25) is 5.02 Å². The molecule has 0 saturated heterocycles. The predicted molar refractivity (Wildman–Crippen MR) is 77.9 cm³/mol. The number of rotatable bonds is 9. The van der Waals surface area contributed by atoms with Gasteiger partial charge in [-0.2, -0.15) is 0 Å². The molecule has 4 nitrogen and oxygen atoms in total. The van der Waals surface area contributed by atoms with Crippen molar-refractivity contribution in [2.45, 2.75) is 26.1 Å². The third kappa shape index (κ3) is 8.06. The Morgan fingerprint density at radius 2 is 2.11 bits per heavy atom. The summed E-state index contributed by atoms with van der Waals surface area (Å²) in [6, 6.07) is 7.37. The van der Waals surface area contributed by atoms with E-state index >= 15 is 0 Å². The first-order chi connectivity index (χ1) is 9.08. The van der Waals surface area contributed by atoms with E-state index < -0.39 is 6.10 Å². The van der Waals surface area contributed by atoms with E-state index in [-0.39, 0.29) is 12.7 Å². The van der Waals surface area contributed by atoms with Crippen molar-refractivity contribution in [3.05, 3.63) is 29.3 Å². The molecule has 0 aromatic heterocycles. The standard InChI is InChI=1S/C14H22ClNO3/c1-11(2)19-7-6-18-10-14(17)9-16-13-5-3-4-12(15)8-13/h3-5,8,11,14,16-17H,6-7,9-10H2,1-2H3. The van der Waals surface area contributed by atoms with Crippen molar-refractivity contribution < 1.29 is 14.6 Å². The lowest BCUT2D eigenvalue weighted by atomic mass is 10.3. The van der Waals surface area contributed by atoms with Crippen LogP contribution in [0.25, 0.3) is 0 Å². The van der Waals surface area contributed by atoms with Crippen LogP contribution < -0.4 is 5.32 Å². The molecule has 19 heavy (non-hydrogen) atoms. The van der Waals surface area contributed by atoms with Gasteiger partial charge in [-0.1, -0.05) is 17.7 Å². The van der Waals surface area contributed by atoms with E-state index in [4.69, 9.17) is 21.1 Å². The highest BCUT2D eigenvalue weighted by Crippen LogP contribution is 2.14. The second-order valence-corrected chi connectivity index (χ2v) is 4.98. The Bertz CT molecular complexity index is 360. The first-order valence-electron chi connectivity index (χ1n) is 6.45. The van der Waals surface area contributed by atoms with Crippen molar-refractivity contribution in [1.82, 2.24) is 0 Å². The third-order valence-corrected chi connectivity index (χ3v) is 2.59. The summed E-state index contributed by atoms with van der Waals surface area (Å²) in [5.41, 5.74) is 0.884. The van der Waals surface area contributed by atoms with Crippen LogP contribution in [0.15, 0.2) is 24.3 Å². The fourth-order valence-corrected chi connectivity index (χ4v) is 1.65. The summed E-state index contributed by atoms with van der Waals surface area (Å²) in [5, 5.41) is 13.5. The van der Waals surface area contributed by atoms with E-state index in [9.17, 15) is 5.11 Å². The number of anilines is 1. The SMILES string of the molecule is CC(C)OCCOCC(O)CNc1cccc(Cl)c1. The number of hydrogen-bond acceptors (Lipinski definition) is 4. The summed E-state index contributed by atoms with van der Waals surface area (Å²) < 4.78 is 10.6. The lowest BCUT2D eigenvalue weighted by Gasteiger charge is -2.14. The van der Waals surface area contributed by atoms with Crippen LogP contribution in [0, 0.1) is 0 Å². The second kappa shape index (κ2) is 9.15. The number of aliphatic hydroxyl groups is 1. The van der Waals surface area contributed by atoms with Crippen molar-refractivity contribution in [2.24, 2.45) is 0 Å². The van der Waals surface area contributed by atoms with Crippen LogP contribution >= 0.6 is 11.6 Å². The summed E-state index contributed by atoms with van der Waals surface area (Å²) in [7, 11) is 0. The molecule has 1 aromatic rings. The molecule has 108 valence electrons. The van der Waals surface area contributed by atoms with Crippen LogP contribution in [0.4, 0.5) is 5.69 Å². The zero-order valence-corrected chi connectivity index (χ0v) is 12.2. The molecule has 0 spiro atoms. The van der Waals surface area contributed by atoms with Gasteiger partial charge in [0.15, 0.2) is 0 Å². The molecule has 0 aliphatic heterocycles. The van der Waals surface area contributed by atoms with Crippen molar-refractivity contribution in [3.63, 3.8) is 0 Å². The highest BCUT2D eigenvalue weighted by molar-refractivity contribution is 6.30. The van der Waals surface area contributed by atoms with Crippen molar-refractivity contribution >= 4 is 17.3 Å². The number of aliphatic hydroxyl groups excluding tert-OH is 1. The first kappa shape index (κ1) is 16.2. The molecule has 0 aliphatic rings. The summed E-state index contributed by atoms with van der Waals surface area (Å²) in [6.07, 6.45) is -0.351. The van der Waals surface area contributed by atoms with Crippen molar-refractivity contribution in [3.8, 4) is 0 Å². The van der Waals surface area contributed by atoms with E-state index in [1.54, 1.807) is 6.07 Å². The highest BCUT2D eigenvalue weighted by atomic mass is 35.5. The minimum atomic E-state index is -0.557. The Morgan fingerprint density at radius 1 is 1.32 bits per heavy atom. The molecule has 0 fully saturated rings. The van der Waals surface area contributed by atoms with E-state index in [0.29, 0.717) is 24.8 Å². The smallest absolute Gasteiger partial charge is 0.0945 e. The number of ether oxygens (including phenoxy) is 2. The van der Waals surface area contributed by atoms with Crippen LogP contribution in [-0.2, 0) is 9.47 Å². The molecule has 1 unspecified atom stereocenters. The summed E-state index contributed by atoms with van der Waals surface area (Å²) in [6.45, 7) is 5.70. The van der Waals surface area contributed by atoms with Gasteiger partial charge in [0.05, 0.1) is 32.0 Å². The van der Waals surface area contributed by atoms with Gasteiger partial charge in [0.1, 0.15) is 0 Å². The zero-order chi connectivity index (χ0) is 14.1. The van der Waals surface area contributed by atoms with E-state index in [0.717, 1.165) is 5.69 Å². The van der Waals surface area contributed by atoms with Crippen LogP contribution in [-0.4, -0.2) is 43.7 Å². The van der Waals surface area contributed by atoms with Gasteiger partial charge in [-0.05, 0) is 32.0 Å². The van der Waals surface area contributed by atoms with Gasteiger partial charge in [0.25, 0.3) is 0 Å². The lowest BCUT2D eigenvalue weighted by molar-refractivity contribution is -0.00734. The number of nitrogens with one attached hydrogen (secondary N) is 1. The molecule has 0 saturated carbocycles. The minimum absolute atomic E-state index is 0.206. The van der Waals surface area contributed by atoms with Crippen LogP contribution in [0.1, 0.15) is 13.8 Å². The molecule has 1 atom stereocenters. The molecule has 1 aromatic carbocycles. The number of benzene rings is 1. The summed E-state index contributed by atoms with van der Waals surface area (Å²) in [5.74, 6) is 0. The molecule has 0 heterocycles. The largest absolute Gasteiger partial charge is 0.389 e. The Morgan fingerprint density at radius 3 is 2.79 bits per heavy atom. The maximum atomic E-state index is 9.73. The Balaban J connectivity index is 2.09. The molecule has 0 aliphatic carbocycles. The monoisotopic (exact) mass is 287 g/mol. The average molecular weight is 288 g/mol. The van der Waals surface area contributed by atoms with Gasteiger partial charge in [0.2, 0.25) is 0 Å². The first-order valence-corrected chi connectivity index (χ1v) is 6.82. The van der Waals surface area contributed by atoms with Gasteiger partial charge in [-0.25, -0.2) is 0 Å². The summed E-state index contributed by atoms with van der Waals surface area (Å²) in [4.78, 5) is 0. The normalized spacial score (nSPS) is 12.7. The quantitative estimate of drug-likeness (QED) is 0.686. The van der Waals surface area contributed by atoms with Gasteiger partial charge in [-0.3, -0.25) is 0 Å². The fourth-order valence-electron chi connectivity index (χ4n) is 1.46. The zero-order valence-electron chi connectivity index (χ0n) is 11.4. The molecular weight excluding hydrogens is 266 g/mol. The Labute approximate surface area is 119 Å². The molecule has 2 N–H and O–H groups in total. The van der Waals surface area contributed by atoms with Gasteiger partial charge >= 0.3 is 0 Å². The number of hydrogen-bond donors (Lipinski definition) is 2. The topological polar surface area (TPSA) is 50.7 Å². The van der Waals surface area contributed by atoms with Gasteiger partial charge < -0.3 is 19.9 Å². The van der Waals surface area contributed by atoms with Crippen LogP contribution in [0.5, 0.6) is 0 Å². The molecule has 5 heteroatoms. The highest BCUT2D eigenvalue weighted by Gasteiger charge is 2.04. The molecular formula is C14H22ClNO3. The van der Waals surface area contributed by atoms with Crippen LogP contribution in [0.3, 0.4) is 0 Å². The van der Waals surface area contributed by atoms with Crippen molar-refractivity contribution in [1.29, 1.82) is 0 Å². The minimum Gasteiger partial charge on any atom is -0.389 e. The van der Waals surface area contributed by atoms with E-state index in [1.165, 1.54) is 0 Å². The Kier molecular flexibility index (Phi) is 7.82. The molecule has 0 radical (unpaired) electrons. The van der Waals surface area contributed by atoms with Crippen molar-refractivity contribution in [2.75, 3.05) is 31.7 Å². The maximum Gasteiger partial charge on any atom is 0.0945 e. The average Bonchev–Trinajstić information content (AvgIpc) is 2.35. The fraction of sp³-hybridized carbons (Fsp3) is 0.571. The predicted octanol–water partition coefficient (Wildman–Crippen LogP) is 2.55. The third-order valence-electron chi connectivity index (χ3n) is 2.36. The van der Waals surface area contributed by atoms with Gasteiger partial charge in [-0.15, -0.1) is 0 Å². The molecule has 1 rings (SSSR count). The maximum absolute atomic E-state index is 9.73. The lowest BCUT2D eigenvalue weighted by Crippen LogP contribution is -2.25. The van der Waals surface area contributed by atoms with E-state index in [2.05, 4.69) is 5.32 Å². The molecule has 0 amide bonds. The Hall–Kier alpha value is -0.810. The molecule has 0 bridgehead atoms. The van der Waals surface area contributed by atoms with Gasteiger partial charge in [0, 0.05) is 17.3 Å². The van der Waals surface area contributed by atoms with E-state index in [1.807, 2.05) is 32.0 Å². The second-order valence-electron chi connectivity index (χ2n) is 4.54. The summed E-state index contributed by atoms with van der Waals surface area (Å²) >= 11 is 5.86. The number of halogens is 1.